The zero-order chi connectivity index (χ0) is 31.6. The molecule has 7 rings (SSSR count). The number of phenolic OH excluding ortho intramolecular Hbond substituents is 1. The summed E-state index contributed by atoms with van der Waals surface area (Å²) < 4.78 is 2.31. The summed E-state index contributed by atoms with van der Waals surface area (Å²) in [6, 6.07) is 15.9. The summed E-state index contributed by atoms with van der Waals surface area (Å²) in [6.45, 7) is 11.5. The van der Waals surface area contributed by atoms with E-state index in [1.54, 1.807) is 6.07 Å². The van der Waals surface area contributed by atoms with Gasteiger partial charge < -0.3 is 29.9 Å². The maximum Gasteiger partial charge on any atom is 2.00 e. The van der Waals surface area contributed by atoms with Gasteiger partial charge in [0.05, 0.1) is 16.6 Å². The molecular weight excluding hydrogens is 624 g/mol. The van der Waals surface area contributed by atoms with Gasteiger partial charge in [-0.1, -0.05) is 30.3 Å². The van der Waals surface area contributed by atoms with Crippen molar-refractivity contribution in [2.45, 2.75) is 26.3 Å². The zero-order valence-electron chi connectivity index (χ0n) is 27.3. The molecule has 7 nitrogen and oxygen atoms in total. The van der Waals surface area contributed by atoms with Gasteiger partial charge in [-0.15, -0.1) is 0 Å². The van der Waals surface area contributed by atoms with Crippen LogP contribution in [-0.2, 0) is 23.6 Å². The molecule has 2 saturated carbocycles. The number of rotatable bonds is 12. The van der Waals surface area contributed by atoms with Crippen LogP contribution < -0.4 is 10.6 Å². The topological polar surface area (TPSA) is 68.1 Å². The van der Waals surface area contributed by atoms with Crippen molar-refractivity contribution >= 4 is 22.4 Å². The molecule has 10 radical (unpaired) electrons. The van der Waals surface area contributed by atoms with Gasteiger partial charge in [-0.25, -0.2) is 4.98 Å². The Hall–Kier alpha value is -2.61. The molecule has 3 fully saturated rings. The first-order valence-electron chi connectivity index (χ1n) is 16.6. The molecule has 2 aromatic heterocycles. The maximum absolute atomic E-state index is 9.90. The van der Waals surface area contributed by atoms with Crippen LogP contribution in [0.3, 0.4) is 0 Å². The van der Waals surface area contributed by atoms with E-state index in [0.29, 0.717) is 12.3 Å². The Balaban J connectivity index is 0.000000662. The van der Waals surface area contributed by atoms with E-state index in [4.69, 9.17) is 4.98 Å². The third-order valence-corrected chi connectivity index (χ3v) is 8.84. The fraction of sp³-hybridized carbons (Fsp3) is 0.308. The minimum Gasteiger partial charge on any atom is -0.508 e. The zero-order valence-corrected chi connectivity index (χ0v) is 28.4. The van der Waals surface area contributed by atoms with Crippen molar-refractivity contribution < 1.29 is 22.2 Å². The molecule has 1 aliphatic heterocycles. The van der Waals surface area contributed by atoms with Crippen LogP contribution in [0.25, 0.3) is 16.6 Å². The quantitative estimate of drug-likeness (QED) is 0.130. The number of aromatic nitrogens is 2. The van der Waals surface area contributed by atoms with Crippen molar-refractivity contribution in [3.05, 3.63) is 135 Å². The van der Waals surface area contributed by atoms with Gasteiger partial charge in [-0.3, -0.25) is 0 Å². The third kappa shape index (κ3) is 9.51. The first-order valence-corrected chi connectivity index (χ1v) is 16.6. The number of para-hydroxylation sites is 3. The van der Waals surface area contributed by atoms with E-state index in [9.17, 15) is 5.11 Å². The summed E-state index contributed by atoms with van der Waals surface area (Å²) in [4.78, 5) is 10.2. The Morgan fingerprint density at radius 2 is 1.38 bits per heavy atom. The fourth-order valence-electron chi connectivity index (χ4n) is 6.39. The summed E-state index contributed by atoms with van der Waals surface area (Å²) >= 11 is 0. The van der Waals surface area contributed by atoms with Crippen molar-refractivity contribution in [2.24, 2.45) is 0 Å². The number of aromatic hydroxyl groups is 1. The molecule has 3 heterocycles. The van der Waals surface area contributed by atoms with Crippen molar-refractivity contribution in [1.29, 1.82) is 0 Å². The van der Waals surface area contributed by atoms with Crippen LogP contribution >= 0.6 is 0 Å². The van der Waals surface area contributed by atoms with Crippen LogP contribution in [-0.4, -0.2) is 76.6 Å². The SMILES string of the molecule is Cc1cn2c(c(NCCCN3CCN(CCCNCc4ccccc4O)CC3)nc3ccccc32)c1[C]1[CH][CH][CH][CH]1.[CH]1[CH][CH][CH][CH]1.[Fe+2]. The number of hydrogen-bond donors (Lipinski definition) is 3. The number of phenols is 1. The number of aryl methyl sites for hydroxylation is 1. The van der Waals surface area contributed by atoms with E-state index < -0.39 is 0 Å². The molecular formula is C39H46FeN6O+2. The Bertz CT molecular complexity index is 1510. The Labute approximate surface area is 293 Å². The summed E-state index contributed by atoms with van der Waals surface area (Å²) in [5.41, 5.74) is 6.80. The van der Waals surface area contributed by atoms with E-state index in [0.717, 1.165) is 93.1 Å². The molecule has 0 unspecified atom stereocenters. The molecule has 4 aromatic rings. The van der Waals surface area contributed by atoms with Crippen molar-refractivity contribution in [1.82, 2.24) is 24.5 Å². The molecule has 3 aliphatic rings. The minimum atomic E-state index is 0. The number of nitrogens with zero attached hydrogens (tertiary/aromatic N) is 4. The molecule has 2 aliphatic carbocycles. The first-order chi connectivity index (χ1) is 22.7. The minimum absolute atomic E-state index is 0. The number of piperazine rings is 1. The molecule has 3 N–H and O–H groups in total. The van der Waals surface area contributed by atoms with Gasteiger partial charge >= 0.3 is 17.1 Å². The van der Waals surface area contributed by atoms with Crippen LogP contribution in [0, 0.1) is 70.6 Å². The van der Waals surface area contributed by atoms with E-state index >= 15 is 0 Å². The van der Waals surface area contributed by atoms with E-state index in [1.165, 1.54) is 17.0 Å². The van der Waals surface area contributed by atoms with Gasteiger partial charge in [-0.2, -0.15) is 0 Å². The molecule has 8 heteroatoms. The number of hydrogen-bond acceptors (Lipinski definition) is 6. The molecule has 244 valence electrons. The Kier molecular flexibility index (Phi) is 13.8. The first kappa shape index (κ1) is 35.7. The summed E-state index contributed by atoms with van der Waals surface area (Å²) in [5.74, 6) is 2.58. The average molecular weight is 671 g/mol. The second kappa shape index (κ2) is 18.2. The predicted molar refractivity (Wildman–Crippen MR) is 189 cm³/mol. The number of anilines is 1. The summed E-state index contributed by atoms with van der Waals surface area (Å²) in [7, 11) is 0. The predicted octanol–water partition coefficient (Wildman–Crippen LogP) is 5.87. The fourth-order valence-corrected chi connectivity index (χ4v) is 6.39. The molecule has 0 bridgehead atoms. The Morgan fingerprint density at radius 3 is 2.06 bits per heavy atom. The largest absolute Gasteiger partial charge is 2.00 e. The van der Waals surface area contributed by atoms with E-state index in [2.05, 4.69) is 87.9 Å². The van der Waals surface area contributed by atoms with Crippen molar-refractivity contribution in [3.8, 4) is 5.75 Å². The van der Waals surface area contributed by atoms with Crippen molar-refractivity contribution in [2.75, 3.05) is 57.7 Å². The van der Waals surface area contributed by atoms with E-state index in [1.807, 2.05) is 50.3 Å². The third-order valence-electron chi connectivity index (χ3n) is 8.84. The van der Waals surface area contributed by atoms with Crippen LogP contribution in [0.15, 0.2) is 54.7 Å². The number of nitrogens with one attached hydrogen (secondary N) is 2. The van der Waals surface area contributed by atoms with Crippen LogP contribution in [0.1, 0.15) is 29.5 Å². The second-order valence-corrected chi connectivity index (χ2v) is 12.1. The molecule has 2 aromatic carbocycles. The summed E-state index contributed by atoms with van der Waals surface area (Å²) in [6.07, 6.45) is 23.0. The van der Waals surface area contributed by atoms with Gasteiger partial charge in [0.2, 0.25) is 0 Å². The monoisotopic (exact) mass is 670 g/mol. The van der Waals surface area contributed by atoms with Gasteiger partial charge in [0, 0.05) is 56.9 Å². The van der Waals surface area contributed by atoms with Crippen LogP contribution in [0.4, 0.5) is 5.82 Å². The second-order valence-electron chi connectivity index (χ2n) is 12.1. The van der Waals surface area contributed by atoms with Gasteiger partial charge in [-0.05, 0) is 127 Å². The standard InChI is InChI=1S/C34H41N6O.C5H5.Fe/c1-26-25-40-30-14-6-5-13-29(30)37-34(33(40)32(26)27-10-2-3-11-27)36-17-9-19-39-22-20-38(21-23-39)18-8-16-35-24-28-12-4-7-15-31(28)41;1-2-4-5-3-1;/h2-7,10-15,25,35,41H,8-9,16-24H2,1H3,(H,36,37);1-5H;/q;;+2. The molecule has 0 atom stereocenters. The van der Waals surface area contributed by atoms with Gasteiger partial charge in [0.25, 0.3) is 0 Å². The van der Waals surface area contributed by atoms with Crippen LogP contribution in [0.5, 0.6) is 5.75 Å². The summed E-state index contributed by atoms with van der Waals surface area (Å²) in [5, 5.41) is 17.1. The van der Waals surface area contributed by atoms with Crippen LogP contribution in [0.2, 0.25) is 0 Å². The van der Waals surface area contributed by atoms with Gasteiger partial charge in [0.1, 0.15) is 5.75 Å². The smallest absolute Gasteiger partial charge is 0.508 e. The molecule has 0 spiro atoms. The number of benzene rings is 2. The van der Waals surface area contributed by atoms with E-state index in [-0.39, 0.29) is 17.1 Å². The van der Waals surface area contributed by atoms with Crippen molar-refractivity contribution in [3.63, 3.8) is 0 Å². The molecule has 47 heavy (non-hydrogen) atoms. The average Bonchev–Trinajstić information content (AvgIpc) is 3.88. The molecule has 1 saturated heterocycles. The Morgan fingerprint density at radius 1 is 0.766 bits per heavy atom. The van der Waals surface area contributed by atoms with Gasteiger partial charge in [0.15, 0.2) is 5.82 Å². The molecule has 0 amide bonds. The number of fused-ring (bicyclic) bond motifs is 3. The normalized spacial score (nSPS) is 17.6. The maximum atomic E-state index is 9.90.